The largest absolute Gasteiger partial charge is 0.310 e. The van der Waals surface area contributed by atoms with Crippen molar-refractivity contribution < 1.29 is 0 Å². The van der Waals surface area contributed by atoms with E-state index >= 15 is 0 Å². The van der Waals surface area contributed by atoms with E-state index in [1.807, 2.05) is 13.8 Å². The summed E-state index contributed by atoms with van der Waals surface area (Å²) in [6, 6.07) is 75.6. The second kappa shape index (κ2) is 16.9. The van der Waals surface area contributed by atoms with Gasteiger partial charge in [0.25, 0.3) is 0 Å². The number of hydrogen-bond donors (Lipinski definition) is 0. The summed E-state index contributed by atoms with van der Waals surface area (Å²) in [5.74, 6) is 0.380. The van der Waals surface area contributed by atoms with Crippen LogP contribution in [0.2, 0.25) is 0 Å². The summed E-state index contributed by atoms with van der Waals surface area (Å²) in [7, 11) is 0. The van der Waals surface area contributed by atoms with Crippen molar-refractivity contribution in [2.45, 2.75) is 49.9 Å². The van der Waals surface area contributed by atoms with Crippen molar-refractivity contribution in [3.05, 3.63) is 293 Å². The molecule has 0 amide bonds. The molecule has 0 aliphatic heterocycles. The molecule has 0 fully saturated rings. The summed E-state index contributed by atoms with van der Waals surface area (Å²) in [6.45, 7) is 4.00. The lowest BCUT2D eigenvalue weighted by atomic mass is 9.50. The summed E-state index contributed by atoms with van der Waals surface area (Å²) < 4.78 is 0. The average molecular weight is 836 g/mol. The predicted octanol–water partition coefficient (Wildman–Crippen LogP) is 16.7. The van der Waals surface area contributed by atoms with E-state index in [1.54, 1.807) is 0 Å². The Morgan fingerprint density at radius 2 is 1.00 bits per heavy atom. The fourth-order valence-electron chi connectivity index (χ4n) is 11.6. The molecule has 1 nitrogen and oxygen atoms in total. The molecule has 0 heterocycles. The normalized spacial score (nSPS) is 19.5. The highest BCUT2D eigenvalue weighted by atomic mass is 15.1. The van der Waals surface area contributed by atoms with Crippen LogP contribution in [0.1, 0.15) is 83.5 Å². The van der Waals surface area contributed by atoms with E-state index < -0.39 is 10.8 Å². The van der Waals surface area contributed by atoms with E-state index in [0.717, 1.165) is 30.6 Å². The zero-order valence-electron chi connectivity index (χ0n) is 37.2. The maximum atomic E-state index is 2.50. The first-order valence-corrected chi connectivity index (χ1v) is 23.5. The molecule has 1 unspecified atom stereocenters. The molecule has 314 valence electrons. The van der Waals surface area contributed by atoms with Gasteiger partial charge in [0.15, 0.2) is 0 Å². The zero-order valence-corrected chi connectivity index (χ0v) is 37.2. The summed E-state index contributed by atoms with van der Waals surface area (Å²) in [5.41, 5.74) is 19.6. The maximum Gasteiger partial charge on any atom is 0.0720 e. The van der Waals surface area contributed by atoms with Crippen molar-refractivity contribution in [3.8, 4) is 22.3 Å². The minimum Gasteiger partial charge on any atom is -0.310 e. The van der Waals surface area contributed by atoms with Gasteiger partial charge in [-0.15, -0.1) is 0 Å². The Kier molecular flexibility index (Phi) is 10.5. The minimum atomic E-state index is -0.563. The molecule has 1 spiro atoms. The van der Waals surface area contributed by atoms with Gasteiger partial charge in [-0.25, -0.2) is 0 Å². The number of anilines is 3. The van der Waals surface area contributed by atoms with Gasteiger partial charge in [-0.2, -0.15) is 0 Å². The van der Waals surface area contributed by atoms with Crippen LogP contribution in [0.15, 0.2) is 248 Å². The van der Waals surface area contributed by atoms with Gasteiger partial charge in [-0.3, -0.25) is 0 Å². The molecule has 0 N–H and O–H groups in total. The van der Waals surface area contributed by atoms with Crippen LogP contribution in [0.25, 0.3) is 22.3 Å². The molecular weight excluding hydrogens is 783 g/mol. The van der Waals surface area contributed by atoms with Crippen molar-refractivity contribution in [2.75, 3.05) is 4.90 Å². The zero-order chi connectivity index (χ0) is 43.8. The molecule has 1 atom stereocenters. The van der Waals surface area contributed by atoms with Crippen molar-refractivity contribution in [1.29, 1.82) is 0 Å². The van der Waals surface area contributed by atoms with Crippen LogP contribution in [0, 0.1) is 0 Å². The number of nitrogens with zero attached hydrogens (tertiary/aromatic N) is 1. The number of fused-ring (bicyclic) bond motifs is 9. The third kappa shape index (κ3) is 6.28. The number of rotatable bonds is 7. The smallest absolute Gasteiger partial charge is 0.0720 e. The maximum absolute atomic E-state index is 2.50. The third-order valence-electron chi connectivity index (χ3n) is 14.3. The number of hydrogen-bond acceptors (Lipinski definition) is 1. The van der Waals surface area contributed by atoms with Crippen LogP contribution in [-0.2, 0) is 10.8 Å². The molecule has 8 aromatic carbocycles. The van der Waals surface area contributed by atoms with Gasteiger partial charge in [-0.05, 0) is 111 Å². The highest BCUT2D eigenvalue weighted by Crippen LogP contribution is 2.66. The Balaban J connectivity index is 0.00000231. The lowest BCUT2D eigenvalue weighted by Crippen LogP contribution is -2.45. The van der Waals surface area contributed by atoms with Crippen LogP contribution in [0.5, 0.6) is 0 Å². The summed E-state index contributed by atoms with van der Waals surface area (Å²) in [6.07, 6.45) is 19.0. The van der Waals surface area contributed by atoms with Gasteiger partial charge in [0.1, 0.15) is 0 Å². The minimum absolute atomic E-state index is 0.380. The molecule has 0 bridgehead atoms. The second-order valence-corrected chi connectivity index (χ2v) is 17.4. The fourth-order valence-corrected chi connectivity index (χ4v) is 11.6. The van der Waals surface area contributed by atoms with Crippen LogP contribution in [0.3, 0.4) is 0 Å². The first-order valence-electron chi connectivity index (χ1n) is 23.5. The highest BCUT2D eigenvalue weighted by Gasteiger charge is 2.57. The summed E-state index contributed by atoms with van der Waals surface area (Å²) >= 11 is 0. The molecule has 0 radical (unpaired) electrons. The summed E-state index contributed by atoms with van der Waals surface area (Å²) in [5, 5.41) is 0. The van der Waals surface area contributed by atoms with E-state index in [4.69, 9.17) is 0 Å². The molecule has 4 aliphatic carbocycles. The lowest BCUT2D eigenvalue weighted by Gasteiger charge is -2.51. The van der Waals surface area contributed by atoms with Gasteiger partial charge < -0.3 is 4.90 Å². The third-order valence-corrected chi connectivity index (χ3v) is 14.3. The Hall–Kier alpha value is -7.48. The van der Waals surface area contributed by atoms with Gasteiger partial charge in [-0.1, -0.05) is 232 Å². The standard InChI is InChI=1S/C62H47N.C2H6/c1-5-20-44(21-6-1)46-36-40-50(41-37-46)63(51-42-38-47(39-43-51)45-22-7-2-8-23-45)59-35-19-34-58-60(59)52-28-13-14-29-53(52)62(58)56-32-17-15-30-54(56)61(48-24-9-3-10-25-48,49-26-11-4-12-27-49)55-31-16-18-33-57(55)62;1-2/h1-11,13-22,24-26,28-43,45H,12,23,27H2;1-2H3. The molecule has 0 saturated heterocycles. The van der Waals surface area contributed by atoms with E-state index in [1.165, 1.54) is 78.0 Å². The number of allylic oxidation sites excluding steroid dienone is 8. The topological polar surface area (TPSA) is 3.24 Å². The first kappa shape index (κ1) is 40.3. The molecular formula is C64H53N. The molecule has 0 aromatic heterocycles. The van der Waals surface area contributed by atoms with E-state index in [0.29, 0.717) is 5.92 Å². The van der Waals surface area contributed by atoms with Crippen LogP contribution >= 0.6 is 0 Å². The molecule has 12 rings (SSSR count). The van der Waals surface area contributed by atoms with Crippen LogP contribution < -0.4 is 4.90 Å². The molecule has 4 aliphatic rings. The highest BCUT2D eigenvalue weighted by molar-refractivity contribution is 5.98. The van der Waals surface area contributed by atoms with Gasteiger partial charge in [0.2, 0.25) is 0 Å². The van der Waals surface area contributed by atoms with Crippen LogP contribution in [-0.4, -0.2) is 0 Å². The van der Waals surface area contributed by atoms with E-state index in [-0.39, 0.29) is 0 Å². The van der Waals surface area contributed by atoms with Gasteiger partial charge in [0, 0.05) is 22.9 Å². The molecule has 65 heavy (non-hydrogen) atoms. The second-order valence-electron chi connectivity index (χ2n) is 17.4. The fraction of sp³-hybridized carbons (Fsp3) is 0.125. The molecule has 1 heteroatoms. The Morgan fingerprint density at radius 3 is 1.62 bits per heavy atom. The first-order chi connectivity index (χ1) is 32.3. The lowest BCUT2D eigenvalue weighted by molar-refractivity contribution is 0.595. The van der Waals surface area contributed by atoms with Crippen molar-refractivity contribution in [3.63, 3.8) is 0 Å². The predicted molar refractivity (Wildman–Crippen MR) is 274 cm³/mol. The SMILES string of the molecule is C1=CCCC(C2(c3ccccc3)c3ccccc3C3(c4ccccc4-c4c(N(c5ccc(-c6ccccc6)cc5)c5ccc(C6C=CC=CC6)cc5)cccc43)c3ccccc32)=C1.CC. The summed E-state index contributed by atoms with van der Waals surface area (Å²) in [4.78, 5) is 2.50. The van der Waals surface area contributed by atoms with E-state index in [2.05, 4.69) is 248 Å². The van der Waals surface area contributed by atoms with Crippen molar-refractivity contribution >= 4 is 17.1 Å². The average Bonchev–Trinajstić information content (AvgIpc) is 3.70. The molecule has 8 aromatic rings. The van der Waals surface area contributed by atoms with Crippen LogP contribution in [0.4, 0.5) is 17.1 Å². The van der Waals surface area contributed by atoms with Gasteiger partial charge >= 0.3 is 0 Å². The number of benzene rings is 8. The van der Waals surface area contributed by atoms with Gasteiger partial charge in [0.05, 0.1) is 16.5 Å². The van der Waals surface area contributed by atoms with Crippen molar-refractivity contribution in [1.82, 2.24) is 0 Å². The molecule has 0 saturated carbocycles. The Bertz CT molecular complexity index is 3080. The Morgan fingerprint density at radius 1 is 0.446 bits per heavy atom. The monoisotopic (exact) mass is 835 g/mol. The van der Waals surface area contributed by atoms with Crippen molar-refractivity contribution in [2.24, 2.45) is 0 Å². The van der Waals surface area contributed by atoms with E-state index in [9.17, 15) is 0 Å². The quantitative estimate of drug-likeness (QED) is 0.155. The Labute approximate surface area is 385 Å².